The molecule has 1 amide bonds. The average Bonchev–Trinajstić information content (AvgIpc) is 3.39. The number of aromatic nitrogens is 2. The zero-order valence-electron chi connectivity index (χ0n) is 18.9. The van der Waals surface area contributed by atoms with E-state index in [1.807, 2.05) is 25.1 Å². The number of likely N-dealkylation sites (tertiary alicyclic amines) is 1. The van der Waals surface area contributed by atoms with Gasteiger partial charge in [0.05, 0.1) is 5.57 Å². The second-order valence-corrected chi connectivity index (χ2v) is 8.71. The molecular weight excluding hydrogens is 417 g/mol. The lowest BCUT2D eigenvalue weighted by Crippen LogP contribution is -2.38. The summed E-state index contributed by atoms with van der Waals surface area (Å²) in [6.07, 6.45) is 3.85. The maximum Gasteiger partial charge on any atom is 0.257 e. The molecule has 33 heavy (non-hydrogen) atoms. The normalized spacial score (nSPS) is 18.2. The Morgan fingerprint density at radius 1 is 1.21 bits per heavy atom. The van der Waals surface area contributed by atoms with E-state index in [0.29, 0.717) is 28.6 Å². The van der Waals surface area contributed by atoms with Crippen molar-refractivity contribution in [2.24, 2.45) is 0 Å². The lowest BCUT2D eigenvalue weighted by atomic mass is 9.94. The molecule has 7 heteroatoms. The van der Waals surface area contributed by atoms with Crippen molar-refractivity contribution >= 4 is 28.4 Å². The third-order valence-electron chi connectivity index (χ3n) is 6.50. The van der Waals surface area contributed by atoms with Crippen LogP contribution in [-0.2, 0) is 4.79 Å². The molecule has 1 saturated heterocycles. The molecule has 1 fully saturated rings. The Balaban J connectivity index is 1.57. The molecule has 0 spiro atoms. The van der Waals surface area contributed by atoms with Crippen LogP contribution in [0.4, 0.5) is 15.8 Å². The molecule has 0 radical (unpaired) electrons. The number of amides is 1. The molecule has 0 saturated carbocycles. The van der Waals surface area contributed by atoms with E-state index in [1.165, 1.54) is 6.07 Å². The largest absolute Gasteiger partial charge is 0.382 e. The predicted molar refractivity (Wildman–Crippen MR) is 129 cm³/mol. The van der Waals surface area contributed by atoms with Gasteiger partial charge in [-0.2, -0.15) is 0 Å². The second kappa shape index (κ2) is 8.83. The van der Waals surface area contributed by atoms with Crippen molar-refractivity contribution in [3.63, 3.8) is 0 Å². The fourth-order valence-corrected chi connectivity index (χ4v) is 4.72. The smallest absolute Gasteiger partial charge is 0.257 e. The summed E-state index contributed by atoms with van der Waals surface area (Å²) in [6, 6.07) is 12.8. The number of aromatic amines is 1. The van der Waals surface area contributed by atoms with Crippen molar-refractivity contribution in [3.8, 4) is 0 Å². The zero-order chi connectivity index (χ0) is 22.9. The number of piperidine rings is 1. The fourth-order valence-electron chi connectivity index (χ4n) is 4.72. The van der Waals surface area contributed by atoms with Crippen molar-refractivity contribution in [2.75, 3.05) is 30.3 Å². The number of carbonyl (C=O) groups is 1. The summed E-state index contributed by atoms with van der Waals surface area (Å²) in [6.45, 7) is 7.33. The molecule has 0 atom stereocenters. The Hall–Kier alpha value is -3.45. The van der Waals surface area contributed by atoms with Crippen LogP contribution in [0, 0.1) is 12.7 Å². The highest BCUT2D eigenvalue weighted by Crippen LogP contribution is 2.41. The van der Waals surface area contributed by atoms with Gasteiger partial charge in [-0.1, -0.05) is 25.1 Å². The topological polar surface area (TPSA) is 73.0 Å². The van der Waals surface area contributed by atoms with Gasteiger partial charge >= 0.3 is 0 Å². The number of nitrogens with zero attached hydrogens (tertiary/aromatic N) is 2. The van der Waals surface area contributed by atoms with E-state index >= 15 is 0 Å². The van der Waals surface area contributed by atoms with E-state index < -0.39 is 5.82 Å². The van der Waals surface area contributed by atoms with Crippen LogP contribution in [0.2, 0.25) is 0 Å². The fraction of sp³-hybridized carbons (Fsp3) is 0.308. The highest BCUT2D eigenvalue weighted by Gasteiger charge is 2.31. The maximum absolute atomic E-state index is 14.9. The number of rotatable bonds is 5. The summed E-state index contributed by atoms with van der Waals surface area (Å²) >= 11 is 0. The maximum atomic E-state index is 14.9. The summed E-state index contributed by atoms with van der Waals surface area (Å²) in [4.78, 5) is 23.2. The van der Waals surface area contributed by atoms with Gasteiger partial charge in [-0.25, -0.2) is 9.37 Å². The van der Waals surface area contributed by atoms with E-state index in [1.54, 1.807) is 24.4 Å². The lowest BCUT2D eigenvalue weighted by Gasteiger charge is -2.32. The minimum atomic E-state index is -0.396. The minimum absolute atomic E-state index is 0.259. The first-order chi connectivity index (χ1) is 16.0. The van der Waals surface area contributed by atoms with Crippen LogP contribution in [0.5, 0.6) is 0 Å². The Bertz CT molecular complexity index is 1220. The van der Waals surface area contributed by atoms with Gasteiger partial charge < -0.3 is 20.5 Å². The van der Waals surface area contributed by atoms with Crippen LogP contribution < -0.4 is 10.6 Å². The summed E-state index contributed by atoms with van der Waals surface area (Å²) < 4.78 is 14.9. The van der Waals surface area contributed by atoms with Crippen molar-refractivity contribution in [3.05, 3.63) is 77.1 Å². The zero-order valence-corrected chi connectivity index (χ0v) is 18.9. The Morgan fingerprint density at radius 3 is 2.70 bits per heavy atom. The summed E-state index contributed by atoms with van der Waals surface area (Å²) in [5.41, 5.74) is 4.50. The number of anilines is 2. The quantitative estimate of drug-likeness (QED) is 0.499. The first-order valence-corrected chi connectivity index (χ1v) is 11.5. The average molecular weight is 446 g/mol. The van der Waals surface area contributed by atoms with Gasteiger partial charge in [0.1, 0.15) is 11.6 Å². The molecule has 5 rings (SSSR count). The molecular formula is C26H28FN5O. The molecule has 2 aliphatic rings. The SMILES string of the molecule is CCN1CCC(Nc2ccc3c(c2)/C(=C(/c2ncc(C)[nH]2)c2ccccc2F)C(=O)N3)CC1. The summed E-state index contributed by atoms with van der Waals surface area (Å²) in [7, 11) is 0. The number of hydrogen-bond donors (Lipinski definition) is 3. The van der Waals surface area contributed by atoms with Crippen molar-refractivity contribution < 1.29 is 9.18 Å². The lowest BCUT2D eigenvalue weighted by molar-refractivity contribution is -0.110. The van der Waals surface area contributed by atoms with Gasteiger partial charge in [0, 0.05) is 59.1 Å². The highest BCUT2D eigenvalue weighted by atomic mass is 19.1. The number of halogens is 1. The van der Waals surface area contributed by atoms with Crippen molar-refractivity contribution in [1.82, 2.24) is 14.9 Å². The van der Waals surface area contributed by atoms with E-state index in [-0.39, 0.29) is 5.91 Å². The van der Waals surface area contributed by atoms with Crippen molar-refractivity contribution in [2.45, 2.75) is 32.7 Å². The molecule has 3 heterocycles. The van der Waals surface area contributed by atoms with Gasteiger partial charge in [-0.15, -0.1) is 0 Å². The number of benzene rings is 2. The molecule has 170 valence electrons. The number of H-pyrrole nitrogens is 1. The molecule has 0 unspecified atom stereocenters. The third-order valence-corrected chi connectivity index (χ3v) is 6.50. The molecule has 6 nitrogen and oxygen atoms in total. The monoisotopic (exact) mass is 445 g/mol. The number of imidazole rings is 1. The number of nitrogens with one attached hydrogen (secondary N) is 3. The predicted octanol–water partition coefficient (Wildman–Crippen LogP) is 4.66. The number of carbonyl (C=O) groups excluding carboxylic acids is 1. The Kier molecular flexibility index (Phi) is 5.72. The molecule has 1 aromatic heterocycles. The molecule has 3 aromatic rings. The number of hydrogen-bond acceptors (Lipinski definition) is 4. The van der Waals surface area contributed by atoms with Crippen LogP contribution in [0.1, 0.15) is 42.4 Å². The van der Waals surface area contributed by atoms with Gasteiger partial charge in [-0.3, -0.25) is 4.79 Å². The van der Waals surface area contributed by atoms with E-state index in [0.717, 1.165) is 55.1 Å². The van der Waals surface area contributed by atoms with E-state index in [4.69, 9.17) is 0 Å². The number of fused-ring (bicyclic) bond motifs is 1. The Labute approximate surface area is 192 Å². The van der Waals surface area contributed by atoms with Gasteiger partial charge in [0.15, 0.2) is 0 Å². The van der Waals surface area contributed by atoms with Crippen molar-refractivity contribution in [1.29, 1.82) is 0 Å². The van der Waals surface area contributed by atoms with Crippen LogP contribution in [0.25, 0.3) is 11.1 Å². The Morgan fingerprint density at radius 2 is 2.00 bits per heavy atom. The van der Waals surface area contributed by atoms with Crippen LogP contribution in [0.15, 0.2) is 48.7 Å². The summed E-state index contributed by atoms with van der Waals surface area (Å²) in [5.74, 6) is -0.182. The van der Waals surface area contributed by atoms with Crippen LogP contribution in [-0.4, -0.2) is 46.5 Å². The van der Waals surface area contributed by atoms with E-state index in [9.17, 15) is 9.18 Å². The third kappa shape index (κ3) is 4.16. The summed E-state index contributed by atoms with van der Waals surface area (Å²) in [5, 5.41) is 6.58. The first-order valence-electron chi connectivity index (χ1n) is 11.5. The molecule has 2 aliphatic heterocycles. The van der Waals surface area contributed by atoms with Gasteiger partial charge in [0.2, 0.25) is 0 Å². The molecule has 3 N–H and O–H groups in total. The molecule has 0 bridgehead atoms. The molecule has 0 aliphatic carbocycles. The number of aryl methyl sites for hydroxylation is 1. The second-order valence-electron chi connectivity index (χ2n) is 8.71. The molecule has 2 aromatic carbocycles. The van der Waals surface area contributed by atoms with Crippen LogP contribution in [0.3, 0.4) is 0 Å². The standard InChI is InChI=1S/C26H28FN5O/c1-3-32-12-10-17(11-13-32)30-18-8-9-22-20(14-18)24(26(33)31-22)23(25-28-15-16(2)29-25)19-6-4-5-7-21(19)27/h4-9,14-15,17,30H,3,10-13H2,1-2H3,(H,28,29)(H,31,33)/b24-23-. The van der Waals surface area contributed by atoms with Crippen LogP contribution >= 0.6 is 0 Å². The van der Waals surface area contributed by atoms with Gasteiger partial charge in [-0.05, 0) is 50.6 Å². The highest BCUT2D eigenvalue weighted by molar-refractivity contribution is 6.38. The first kappa shape index (κ1) is 21.4. The minimum Gasteiger partial charge on any atom is -0.382 e. The van der Waals surface area contributed by atoms with Gasteiger partial charge in [0.25, 0.3) is 5.91 Å². The van der Waals surface area contributed by atoms with E-state index in [2.05, 4.69) is 32.4 Å².